The second kappa shape index (κ2) is 9.50. The van der Waals surface area contributed by atoms with Crippen molar-refractivity contribution >= 4 is 32.8 Å². The van der Waals surface area contributed by atoms with Gasteiger partial charge in [0.15, 0.2) is 17.5 Å². The van der Waals surface area contributed by atoms with E-state index in [-0.39, 0.29) is 0 Å². The summed E-state index contributed by atoms with van der Waals surface area (Å²) in [6.45, 7) is 0. The lowest BCUT2D eigenvalue weighted by molar-refractivity contribution is 0.672. The normalized spacial score (nSPS) is 11.4. The van der Waals surface area contributed by atoms with Crippen LogP contribution in [0.15, 0.2) is 138 Å². The van der Waals surface area contributed by atoms with Gasteiger partial charge in [-0.2, -0.15) is 0 Å². The van der Waals surface area contributed by atoms with Gasteiger partial charge >= 0.3 is 0 Å². The monoisotopic (exact) mass is 526 g/mol. The molecule has 0 saturated heterocycles. The van der Waals surface area contributed by atoms with E-state index >= 15 is 0 Å². The van der Waals surface area contributed by atoms with Gasteiger partial charge in [-0.1, -0.05) is 115 Å². The van der Waals surface area contributed by atoms with Crippen LogP contribution in [0.2, 0.25) is 0 Å². The maximum Gasteiger partial charge on any atom is 0.164 e. The number of rotatable bonds is 4. The van der Waals surface area contributed by atoms with E-state index in [1.165, 1.54) is 0 Å². The van der Waals surface area contributed by atoms with Crippen LogP contribution in [0.5, 0.6) is 0 Å². The smallest absolute Gasteiger partial charge is 0.164 e. The molecule has 5 heteroatoms. The van der Waals surface area contributed by atoms with E-state index < -0.39 is 0 Å². The summed E-state index contributed by atoms with van der Waals surface area (Å²) in [5.41, 5.74) is 7.28. The molecule has 5 aromatic carbocycles. The SMILES string of the molecule is c1ccc(-c2nc(-c3ccccc3)nc(-c3ccc(-c4nc5ccccc5c5oc6ccccc6c45)cc3)n2)cc1. The summed E-state index contributed by atoms with van der Waals surface area (Å²) < 4.78 is 6.36. The molecule has 0 aliphatic rings. The topological polar surface area (TPSA) is 64.7 Å². The van der Waals surface area contributed by atoms with E-state index in [1.54, 1.807) is 0 Å². The van der Waals surface area contributed by atoms with Gasteiger partial charge in [0, 0.05) is 33.0 Å². The largest absolute Gasteiger partial charge is 0.455 e. The Kier molecular flexibility index (Phi) is 5.38. The van der Waals surface area contributed by atoms with Crippen LogP contribution in [0.25, 0.3) is 78.3 Å². The maximum atomic E-state index is 6.36. The predicted molar refractivity (Wildman–Crippen MR) is 164 cm³/mol. The molecule has 3 aromatic heterocycles. The molecule has 0 saturated carbocycles. The molecule has 0 radical (unpaired) electrons. The number of para-hydroxylation sites is 2. The van der Waals surface area contributed by atoms with E-state index in [0.717, 1.165) is 60.8 Å². The fraction of sp³-hybridized carbons (Fsp3) is 0. The molecule has 5 nitrogen and oxygen atoms in total. The summed E-state index contributed by atoms with van der Waals surface area (Å²) in [7, 11) is 0. The van der Waals surface area contributed by atoms with Crippen molar-refractivity contribution in [1.29, 1.82) is 0 Å². The molecule has 3 heterocycles. The Balaban J connectivity index is 1.29. The lowest BCUT2D eigenvalue weighted by Crippen LogP contribution is -2.00. The van der Waals surface area contributed by atoms with Crippen LogP contribution in [-0.2, 0) is 0 Å². The first kappa shape index (κ1) is 23.2. The van der Waals surface area contributed by atoms with E-state index in [2.05, 4.69) is 36.4 Å². The Morgan fingerprint density at radius 3 is 1.51 bits per heavy atom. The van der Waals surface area contributed by atoms with Crippen LogP contribution >= 0.6 is 0 Å². The minimum absolute atomic E-state index is 0.620. The molecule has 0 aliphatic carbocycles. The molecule has 41 heavy (non-hydrogen) atoms. The van der Waals surface area contributed by atoms with Crippen molar-refractivity contribution in [3.63, 3.8) is 0 Å². The highest BCUT2D eigenvalue weighted by Crippen LogP contribution is 2.39. The molecule has 0 N–H and O–H groups in total. The highest BCUT2D eigenvalue weighted by molar-refractivity contribution is 6.19. The zero-order valence-corrected chi connectivity index (χ0v) is 21.9. The van der Waals surface area contributed by atoms with Crippen LogP contribution in [0.4, 0.5) is 0 Å². The summed E-state index contributed by atoms with van der Waals surface area (Å²) in [4.78, 5) is 19.7. The molecule has 0 spiro atoms. The lowest BCUT2D eigenvalue weighted by atomic mass is 10.0. The molecule has 0 bridgehead atoms. The third-order valence-electron chi connectivity index (χ3n) is 7.33. The lowest BCUT2D eigenvalue weighted by Gasteiger charge is -2.10. The molecular formula is C36H22N4O. The Morgan fingerprint density at radius 1 is 0.390 bits per heavy atom. The molecule has 0 fully saturated rings. The third kappa shape index (κ3) is 4.03. The van der Waals surface area contributed by atoms with Crippen molar-refractivity contribution in [2.24, 2.45) is 0 Å². The number of fused-ring (bicyclic) bond motifs is 5. The van der Waals surface area contributed by atoms with E-state index in [1.807, 2.05) is 97.1 Å². The Bertz CT molecular complexity index is 2130. The van der Waals surface area contributed by atoms with Crippen molar-refractivity contribution < 1.29 is 4.42 Å². The number of aromatic nitrogens is 4. The Labute approximate surface area is 235 Å². The highest BCUT2D eigenvalue weighted by Gasteiger charge is 2.18. The number of hydrogen-bond donors (Lipinski definition) is 0. The van der Waals surface area contributed by atoms with Gasteiger partial charge in [-0.05, 0) is 18.2 Å². The average molecular weight is 527 g/mol. The van der Waals surface area contributed by atoms with Crippen LogP contribution in [-0.4, -0.2) is 19.9 Å². The summed E-state index contributed by atoms with van der Waals surface area (Å²) in [6.07, 6.45) is 0. The summed E-state index contributed by atoms with van der Waals surface area (Å²) in [5.74, 6) is 1.90. The van der Waals surface area contributed by atoms with E-state index in [0.29, 0.717) is 17.5 Å². The zero-order valence-electron chi connectivity index (χ0n) is 21.9. The van der Waals surface area contributed by atoms with Gasteiger partial charge in [-0.3, -0.25) is 0 Å². The fourth-order valence-corrected chi connectivity index (χ4v) is 5.33. The molecule has 192 valence electrons. The second-order valence-corrected chi connectivity index (χ2v) is 9.90. The number of pyridine rings is 1. The van der Waals surface area contributed by atoms with E-state index in [9.17, 15) is 0 Å². The summed E-state index contributed by atoms with van der Waals surface area (Å²) in [6, 6.07) is 44.6. The minimum atomic E-state index is 0.620. The quantitative estimate of drug-likeness (QED) is 0.229. The van der Waals surface area contributed by atoms with Crippen LogP contribution in [0, 0.1) is 0 Å². The second-order valence-electron chi connectivity index (χ2n) is 9.90. The van der Waals surface area contributed by atoms with Gasteiger partial charge in [-0.25, -0.2) is 19.9 Å². The predicted octanol–water partition coefficient (Wildman–Crippen LogP) is 8.99. The molecule has 0 unspecified atom stereocenters. The molecule has 8 rings (SSSR count). The highest BCUT2D eigenvalue weighted by atomic mass is 16.3. The zero-order chi connectivity index (χ0) is 27.2. The molecule has 0 amide bonds. The number of benzene rings is 5. The van der Waals surface area contributed by atoms with Gasteiger partial charge in [-0.15, -0.1) is 0 Å². The van der Waals surface area contributed by atoms with Crippen LogP contribution < -0.4 is 0 Å². The van der Waals surface area contributed by atoms with Crippen LogP contribution in [0.3, 0.4) is 0 Å². The van der Waals surface area contributed by atoms with E-state index in [4.69, 9.17) is 24.4 Å². The van der Waals surface area contributed by atoms with Crippen LogP contribution in [0.1, 0.15) is 0 Å². The fourth-order valence-electron chi connectivity index (χ4n) is 5.33. The van der Waals surface area contributed by atoms with Crippen molar-refractivity contribution in [2.75, 3.05) is 0 Å². The minimum Gasteiger partial charge on any atom is -0.455 e. The first-order valence-electron chi connectivity index (χ1n) is 13.5. The van der Waals surface area contributed by atoms with Crippen molar-refractivity contribution in [3.8, 4) is 45.4 Å². The van der Waals surface area contributed by atoms with Crippen molar-refractivity contribution in [2.45, 2.75) is 0 Å². The maximum absolute atomic E-state index is 6.36. The molecule has 8 aromatic rings. The van der Waals surface area contributed by atoms with Gasteiger partial charge in [0.25, 0.3) is 0 Å². The standard InChI is InChI=1S/C36H22N4O/c1-3-11-24(12-4-1)34-38-35(25-13-5-2-6-14-25)40-36(39-34)26-21-19-23(20-22-26)32-31-28-16-8-10-18-30(28)41-33(31)27-15-7-9-17-29(27)37-32/h1-22H. The Hall–Kier alpha value is -5.68. The van der Waals surface area contributed by atoms with Gasteiger partial charge < -0.3 is 4.42 Å². The summed E-state index contributed by atoms with van der Waals surface area (Å²) >= 11 is 0. The number of hydrogen-bond acceptors (Lipinski definition) is 5. The van der Waals surface area contributed by atoms with Gasteiger partial charge in [0.2, 0.25) is 0 Å². The molecule has 0 atom stereocenters. The van der Waals surface area contributed by atoms with Crippen molar-refractivity contribution in [1.82, 2.24) is 19.9 Å². The summed E-state index contributed by atoms with van der Waals surface area (Å²) in [5, 5.41) is 3.08. The number of furan rings is 1. The average Bonchev–Trinajstić information content (AvgIpc) is 3.45. The number of nitrogens with zero attached hydrogens (tertiary/aromatic N) is 4. The van der Waals surface area contributed by atoms with Gasteiger partial charge in [0.05, 0.1) is 16.6 Å². The van der Waals surface area contributed by atoms with Crippen molar-refractivity contribution in [3.05, 3.63) is 133 Å². The molecule has 0 aliphatic heterocycles. The first-order chi connectivity index (χ1) is 20.3. The Morgan fingerprint density at radius 2 is 0.878 bits per heavy atom. The van der Waals surface area contributed by atoms with Gasteiger partial charge in [0.1, 0.15) is 11.2 Å². The first-order valence-corrected chi connectivity index (χ1v) is 13.5. The third-order valence-corrected chi connectivity index (χ3v) is 7.33. The molecular weight excluding hydrogens is 504 g/mol.